The Labute approximate surface area is 258 Å². The third-order valence-corrected chi connectivity index (χ3v) is 8.45. The fraction of sp³-hybridized carbons (Fsp3) is 0.0732. The summed E-state index contributed by atoms with van der Waals surface area (Å²) in [5.41, 5.74) is 12.8. The zero-order valence-electron chi connectivity index (χ0n) is 24.3. The second kappa shape index (κ2) is 12.0. The van der Waals surface area contributed by atoms with E-state index in [4.69, 9.17) is 0 Å². The van der Waals surface area contributed by atoms with Crippen LogP contribution < -0.4 is 4.90 Å². The van der Waals surface area contributed by atoms with Gasteiger partial charge in [0.2, 0.25) is 5.91 Å². The summed E-state index contributed by atoms with van der Waals surface area (Å²) < 4.78 is 0. The number of fused-ring (bicyclic) bond motifs is 6. The van der Waals surface area contributed by atoms with Gasteiger partial charge < -0.3 is 0 Å². The van der Waals surface area contributed by atoms with Crippen LogP contribution in [0.5, 0.6) is 0 Å². The molecule has 3 aliphatic rings. The molecule has 3 nitrogen and oxygen atoms in total. The van der Waals surface area contributed by atoms with Crippen LogP contribution in [0.1, 0.15) is 43.7 Å². The Bertz CT molecular complexity index is 1900. The van der Waals surface area contributed by atoms with Gasteiger partial charge >= 0.3 is 0 Å². The van der Waals surface area contributed by atoms with Gasteiger partial charge in [-0.05, 0) is 70.0 Å². The van der Waals surface area contributed by atoms with E-state index < -0.39 is 0 Å². The van der Waals surface area contributed by atoms with Crippen molar-refractivity contribution in [1.29, 1.82) is 0 Å². The number of hydrogen-bond acceptors (Lipinski definition) is 2. The number of carbonyl (C=O) groups is 2. The number of rotatable bonds is 1. The molecule has 0 atom stereocenters. The Morgan fingerprint density at radius 1 is 0.364 bits per heavy atom. The van der Waals surface area contributed by atoms with E-state index in [1.165, 1.54) is 22.3 Å². The number of para-hydroxylation sites is 2. The van der Waals surface area contributed by atoms with Crippen LogP contribution in [0.3, 0.4) is 0 Å². The molecular weight excluding hydrogens is 538 g/mol. The van der Waals surface area contributed by atoms with E-state index in [0.29, 0.717) is 6.42 Å². The van der Waals surface area contributed by atoms with E-state index in [2.05, 4.69) is 48.5 Å². The fourth-order valence-electron chi connectivity index (χ4n) is 6.34. The van der Waals surface area contributed by atoms with Crippen molar-refractivity contribution in [2.24, 2.45) is 0 Å². The molecule has 6 aromatic carbocycles. The van der Waals surface area contributed by atoms with Crippen molar-refractivity contribution >= 4 is 23.1 Å². The van der Waals surface area contributed by atoms with Gasteiger partial charge in [-0.25, -0.2) is 0 Å². The lowest BCUT2D eigenvalue weighted by Gasteiger charge is -2.17. The van der Waals surface area contributed by atoms with Crippen LogP contribution in [0.25, 0.3) is 11.1 Å². The Balaban J connectivity index is 0.000000107. The summed E-state index contributed by atoms with van der Waals surface area (Å²) in [4.78, 5) is 25.9. The summed E-state index contributed by atoms with van der Waals surface area (Å²) >= 11 is 0. The largest absolute Gasteiger partial charge is 0.289 e. The van der Waals surface area contributed by atoms with Crippen molar-refractivity contribution in [3.63, 3.8) is 0 Å². The second-order valence-corrected chi connectivity index (χ2v) is 11.2. The van der Waals surface area contributed by atoms with Gasteiger partial charge in [-0.1, -0.05) is 133 Å². The molecule has 0 N–H and O–H groups in total. The minimum Gasteiger partial charge on any atom is -0.289 e. The maximum absolute atomic E-state index is 12.1. The molecule has 1 amide bonds. The average molecular weight is 570 g/mol. The summed E-state index contributed by atoms with van der Waals surface area (Å²) in [6.45, 7) is 0. The van der Waals surface area contributed by atoms with Crippen molar-refractivity contribution in [2.75, 3.05) is 4.90 Å². The summed E-state index contributed by atoms with van der Waals surface area (Å²) in [6.07, 6.45) is 2.48. The van der Waals surface area contributed by atoms with E-state index in [1.54, 1.807) is 4.90 Å². The summed E-state index contributed by atoms with van der Waals surface area (Å²) in [5, 5.41) is 0. The molecule has 0 spiro atoms. The van der Waals surface area contributed by atoms with Crippen LogP contribution in [0.2, 0.25) is 0 Å². The highest BCUT2D eigenvalue weighted by atomic mass is 16.2. The molecule has 212 valence electrons. The third kappa shape index (κ3) is 5.25. The number of carbonyl (C=O) groups excluding carboxylic acids is 2. The molecule has 1 heterocycles. The van der Waals surface area contributed by atoms with Gasteiger partial charge in [0.1, 0.15) is 0 Å². The van der Waals surface area contributed by atoms with E-state index >= 15 is 0 Å². The molecule has 0 unspecified atom stereocenters. The predicted molar refractivity (Wildman–Crippen MR) is 178 cm³/mol. The first-order chi connectivity index (χ1) is 21.7. The number of benzene rings is 6. The van der Waals surface area contributed by atoms with E-state index in [9.17, 15) is 9.59 Å². The number of ketones is 1. The minimum atomic E-state index is 0.146. The third-order valence-electron chi connectivity index (χ3n) is 8.45. The van der Waals surface area contributed by atoms with Crippen molar-refractivity contribution < 1.29 is 9.59 Å². The molecule has 0 fully saturated rings. The summed E-state index contributed by atoms with van der Waals surface area (Å²) in [5.74, 6) is 0.305. The van der Waals surface area contributed by atoms with Crippen LogP contribution in [0.15, 0.2) is 152 Å². The Morgan fingerprint density at radius 3 is 1.27 bits per heavy atom. The SMILES string of the molecule is O=C1Cc2ccccc2N1c1ccccc1.O=C1c2ccccc2Cc2ccccc21.c1ccc2c(c1)Cc1ccccc1-2. The number of hydrogen-bond donors (Lipinski definition) is 0. The topological polar surface area (TPSA) is 37.4 Å². The molecule has 2 aliphatic carbocycles. The van der Waals surface area contributed by atoms with Crippen molar-refractivity contribution in [2.45, 2.75) is 19.3 Å². The average Bonchev–Trinajstić information content (AvgIpc) is 3.63. The van der Waals surface area contributed by atoms with Crippen LogP contribution in [-0.4, -0.2) is 11.7 Å². The lowest BCUT2D eigenvalue weighted by atomic mass is 9.85. The molecule has 0 saturated carbocycles. The van der Waals surface area contributed by atoms with Crippen molar-refractivity contribution in [1.82, 2.24) is 0 Å². The van der Waals surface area contributed by atoms with Gasteiger partial charge in [-0.3, -0.25) is 14.5 Å². The zero-order valence-corrected chi connectivity index (χ0v) is 24.3. The van der Waals surface area contributed by atoms with Gasteiger partial charge in [0, 0.05) is 16.8 Å². The monoisotopic (exact) mass is 569 g/mol. The van der Waals surface area contributed by atoms with Gasteiger partial charge in [0.15, 0.2) is 5.78 Å². The number of amides is 1. The van der Waals surface area contributed by atoms with Crippen LogP contribution in [0, 0.1) is 0 Å². The Morgan fingerprint density at radius 2 is 0.750 bits per heavy atom. The smallest absolute Gasteiger partial charge is 0.236 e. The number of anilines is 2. The lowest BCUT2D eigenvalue weighted by molar-refractivity contribution is -0.116. The first-order valence-electron chi connectivity index (χ1n) is 15.0. The fourth-order valence-corrected chi connectivity index (χ4v) is 6.34. The highest BCUT2D eigenvalue weighted by molar-refractivity contribution is 6.12. The van der Waals surface area contributed by atoms with Gasteiger partial charge in [-0.2, -0.15) is 0 Å². The number of nitrogens with zero attached hydrogens (tertiary/aromatic N) is 1. The van der Waals surface area contributed by atoms with Gasteiger partial charge in [-0.15, -0.1) is 0 Å². The predicted octanol–water partition coefficient (Wildman–Crippen LogP) is 8.99. The van der Waals surface area contributed by atoms with E-state index in [-0.39, 0.29) is 11.7 Å². The molecule has 6 aromatic rings. The molecule has 9 rings (SSSR count). The van der Waals surface area contributed by atoms with E-state index in [0.717, 1.165) is 52.0 Å². The zero-order chi connectivity index (χ0) is 29.9. The standard InChI is InChI=1S/C14H11NO.C14H10O.C13H10/c16-14-10-11-6-4-5-9-13(11)15(14)12-7-2-1-3-8-12;15-14-12-7-3-1-5-10(12)9-11-6-2-4-8-13(11)14;1-3-7-12-10(5-1)9-11-6-2-4-8-13(11)12/h1-9H,10H2;1-8H,9H2;1-8H,9H2. The van der Waals surface area contributed by atoms with Crippen LogP contribution in [0.4, 0.5) is 11.4 Å². The second-order valence-electron chi connectivity index (χ2n) is 11.2. The Kier molecular flexibility index (Phi) is 7.44. The molecule has 0 aromatic heterocycles. The molecule has 0 radical (unpaired) electrons. The highest BCUT2D eigenvalue weighted by Gasteiger charge is 2.27. The van der Waals surface area contributed by atoms with Crippen LogP contribution in [-0.2, 0) is 24.1 Å². The van der Waals surface area contributed by atoms with Gasteiger partial charge in [0.05, 0.1) is 12.1 Å². The molecular formula is C41H31NO2. The molecule has 0 saturated heterocycles. The van der Waals surface area contributed by atoms with E-state index in [1.807, 2.05) is 103 Å². The maximum Gasteiger partial charge on any atom is 0.236 e. The highest BCUT2D eigenvalue weighted by Crippen LogP contribution is 2.36. The summed E-state index contributed by atoms with van der Waals surface area (Å²) in [6, 6.07) is 50.7. The normalized spacial score (nSPS) is 13.2. The molecule has 1 aliphatic heterocycles. The van der Waals surface area contributed by atoms with Gasteiger partial charge in [0.25, 0.3) is 0 Å². The Hall–Kier alpha value is -5.54. The lowest BCUT2D eigenvalue weighted by Crippen LogP contribution is -2.20. The molecule has 0 bridgehead atoms. The first-order valence-corrected chi connectivity index (χ1v) is 15.0. The summed E-state index contributed by atoms with van der Waals surface area (Å²) in [7, 11) is 0. The maximum atomic E-state index is 12.1. The van der Waals surface area contributed by atoms with Crippen molar-refractivity contribution in [3.05, 3.63) is 191 Å². The quantitative estimate of drug-likeness (QED) is 0.198. The van der Waals surface area contributed by atoms with Crippen molar-refractivity contribution in [3.8, 4) is 11.1 Å². The minimum absolute atomic E-state index is 0.146. The van der Waals surface area contributed by atoms with Crippen LogP contribution >= 0.6 is 0 Å². The first kappa shape index (κ1) is 27.3. The molecule has 3 heteroatoms. The molecule has 44 heavy (non-hydrogen) atoms.